The Kier molecular flexibility index (Phi) is 4.17. The third kappa shape index (κ3) is 2.58. The van der Waals surface area contributed by atoms with Crippen molar-refractivity contribution in [1.29, 1.82) is 0 Å². The SMILES string of the molecule is NNC(c1ccc(Cl)cc1N)c1ccc(F)c(F)c1F. The zero-order chi connectivity index (χ0) is 14.9. The van der Waals surface area contributed by atoms with Crippen molar-refractivity contribution in [2.75, 3.05) is 5.73 Å². The van der Waals surface area contributed by atoms with Gasteiger partial charge in [-0.1, -0.05) is 23.7 Å². The van der Waals surface area contributed by atoms with Crippen molar-refractivity contribution in [1.82, 2.24) is 5.43 Å². The quantitative estimate of drug-likeness (QED) is 0.353. The first-order chi connectivity index (χ1) is 9.45. The second-order valence-corrected chi connectivity index (χ2v) is 4.57. The summed E-state index contributed by atoms with van der Waals surface area (Å²) < 4.78 is 40.1. The summed E-state index contributed by atoms with van der Waals surface area (Å²) in [4.78, 5) is 0. The molecule has 0 radical (unpaired) electrons. The fourth-order valence-electron chi connectivity index (χ4n) is 1.92. The zero-order valence-corrected chi connectivity index (χ0v) is 10.9. The van der Waals surface area contributed by atoms with Crippen molar-refractivity contribution >= 4 is 17.3 Å². The Bertz CT molecular complexity index is 649. The molecular formula is C13H11ClF3N3. The number of nitrogens with two attached hydrogens (primary N) is 2. The van der Waals surface area contributed by atoms with Crippen molar-refractivity contribution in [3.63, 3.8) is 0 Å². The van der Waals surface area contributed by atoms with E-state index in [-0.39, 0.29) is 11.3 Å². The average Bonchev–Trinajstić information content (AvgIpc) is 2.41. The molecule has 5 N–H and O–H groups in total. The van der Waals surface area contributed by atoms with Crippen molar-refractivity contribution in [3.05, 3.63) is 63.9 Å². The fourth-order valence-corrected chi connectivity index (χ4v) is 2.10. The van der Waals surface area contributed by atoms with Crippen molar-refractivity contribution < 1.29 is 13.2 Å². The molecule has 0 saturated heterocycles. The third-order valence-electron chi connectivity index (χ3n) is 2.90. The molecule has 0 heterocycles. The molecule has 2 aromatic rings. The first kappa shape index (κ1) is 14.6. The standard InChI is InChI=1S/C13H11ClF3N3/c14-6-1-2-7(10(18)5-6)13(20-19)8-3-4-9(15)12(17)11(8)16/h1-5,13,20H,18-19H2. The van der Waals surface area contributed by atoms with Gasteiger partial charge in [0.2, 0.25) is 0 Å². The predicted octanol–water partition coefficient (Wildman–Crippen LogP) is 2.89. The summed E-state index contributed by atoms with van der Waals surface area (Å²) >= 11 is 5.77. The number of rotatable bonds is 3. The van der Waals surface area contributed by atoms with Crippen LogP contribution in [0, 0.1) is 17.5 Å². The predicted molar refractivity (Wildman–Crippen MR) is 71.3 cm³/mol. The van der Waals surface area contributed by atoms with Gasteiger partial charge in [0.15, 0.2) is 17.5 Å². The van der Waals surface area contributed by atoms with Crippen LogP contribution < -0.4 is 17.0 Å². The fraction of sp³-hybridized carbons (Fsp3) is 0.0769. The van der Waals surface area contributed by atoms with Gasteiger partial charge in [-0.2, -0.15) is 0 Å². The van der Waals surface area contributed by atoms with Gasteiger partial charge in [0.05, 0.1) is 6.04 Å². The summed E-state index contributed by atoms with van der Waals surface area (Å²) in [6.07, 6.45) is 0. The Morgan fingerprint density at radius 1 is 1.00 bits per heavy atom. The van der Waals surface area contributed by atoms with Crippen molar-refractivity contribution in [2.45, 2.75) is 6.04 Å². The minimum atomic E-state index is -1.56. The summed E-state index contributed by atoms with van der Waals surface area (Å²) in [5, 5.41) is 0.396. The van der Waals surface area contributed by atoms with Gasteiger partial charge in [-0.25, -0.2) is 18.6 Å². The van der Waals surface area contributed by atoms with Crippen LogP contribution in [0.4, 0.5) is 18.9 Å². The summed E-state index contributed by atoms with van der Waals surface area (Å²) in [6.45, 7) is 0. The Hall–Kier alpha value is -1.76. The van der Waals surface area contributed by atoms with Crippen LogP contribution in [0.5, 0.6) is 0 Å². The maximum atomic E-state index is 13.8. The number of benzene rings is 2. The third-order valence-corrected chi connectivity index (χ3v) is 3.14. The highest BCUT2D eigenvalue weighted by Gasteiger charge is 2.23. The molecule has 1 unspecified atom stereocenters. The molecule has 0 aliphatic carbocycles. The smallest absolute Gasteiger partial charge is 0.194 e. The Morgan fingerprint density at radius 2 is 1.65 bits per heavy atom. The zero-order valence-electron chi connectivity index (χ0n) is 10.1. The number of halogens is 4. The van der Waals surface area contributed by atoms with Crippen LogP contribution in [0.1, 0.15) is 17.2 Å². The number of nitrogen functional groups attached to an aromatic ring is 1. The summed E-state index contributed by atoms with van der Waals surface area (Å²) in [5.41, 5.74) is 8.62. The highest BCUT2D eigenvalue weighted by atomic mass is 35.5. The van der Waals surface area contributed by atoms with E-state index in [9.17, 15) is 13.2 Å². The van der Waals surface area contributed by atoms with Crippen LogP contribution in [-0.2, 0) is 0 Å². The molecule has 0 aliphatic heterocycles. The molecule has 0 fully saturated rings. The van der Waals surface area contributed by atoms with Crippen LogP contribution in [0.15, 0.2) is 30.3 Å². The summed E-state index contributed by atoms with van der Waals surface area (Å²) in [6, 6.07) is 5.52. The first-order valence-electron chi connectivity index (χ1n) is 5.60. The number of hydrogen-bond acceptors (Lipinski definition) is 3. The number of hydrazine groups is 1. The van der Waals surface area contributed by atoms with Crippen molar-refractivity contribution in [2.24, 2.45) is 5.84 Å². The maximum Gasteiger partial charge on any atom is 0.194 e. The highest BCUT2D eigenvalue weighted by molar-refractivity contribution is 6.30. The molecule has 0 aliphatic rings. The summed E-state index contributed by atoms with van der Waals surface area (Å²) in [5.74, 6) is 1.23. The number of nitrogens with one attached hydrogen (secondary N) is 1. The highest BCUT2D eigenvalue weighted by Crippen LogP contribution is 2.31. The van der Waals surface area contributed by atoms with E-state index < -0.39 is 23.5 Å². The molecule has 0 bridgehead atoms. The van der Waals surface area contributed by atoms with E-state index in [0.717, 1.165) is 12.1 Å². The molecule has 7 heteroatoms. The van der Waals surface area contributed by atoms with Gasteiger partial charge in [0.1, 0.15) is 0 Å². The largest absolute Gasteiger partial charge is 0.398 e. The van der Waals surface area contributed by atoms with Gasteiger partial charge in [-0.3, -0.25) is 5.84 Å². The Balaban J connectivity index is 2.55. The maximum absolute atomic E-state index is 13.8. The monoisotopic (exact) mass is 301 g/mol. The van der Waals surface area contributed by atoms with Crippen LogP contribution in [0.2, 0.25) is 5.02 Å². The van der Waals surface area contributed by atoms with E-state index in [4.69, 9.17) is 23.2 Å². The van der Waals surface area contributed by atoms with E-state index in [1.165, 1.54) is 18.2 Å². The molecule has 2 rings (SSSR count). The number of anilines is 1. The lowest BCUT2D eigenvalue weighted by molar-refractivity contribution is 0.433. The minimum Gasteiger partial charge on any atom is -0.398 e. The van der Waals surface area contributed by atoms with Gasteiger partial charge in [-0.15, -0.1) is 0 Å². The molecule has 2 aromatic carbocycles. The van der Waals surface area contributed by atoms with E-state index in [0.29, 0.717) is 10.6 Å². The van der Waals surface area contributed by atoms with E-state index >= 15 is 0 Å². The van der Waals surface area contributed by atoms with Gasteiger partial charge >= 0.3 is 0 Å². The Labute approximate surface area is 118 Å². The van der Waals surface area contributed by atoms with E-state index in [1.54, 1.807) is 0 Å². The average molecular weight is 302 g/mol. The van der Waals surface area contributed by atoms with Crippen LogP contribution in [0.25, 0.3) is 0 Å². The molecule has 20 heavy (non-hydrogen) atoms. The van der Waals surface area contributed by atoms with E-state index in [1.807, 2.05) is 0 Å². The lowest BCUT2D eigenvalue weighted by atomic mass is 9.97. The van der Waals surface area contributed by atoms with Crippen molar-refractivity contribution in [3.8, 4) is 0 Å². The molecule has 0 aromatic heterocycles. The molecule has 3 nitrogen and oxygen atoms in total. The molecule has 0 amide bonds. The van der Waals surface area contributed by atoms with E-state index in [2.05, 4.69) is 5.43 Å². The lowest BCUT2D eigenvalue weighted by Crippen LogP contribution is -2.30. The molecule has 106 valence electrons. The van der Waals surface area contributed by atoms with Crippen LogP contribution >= 0.6 is 11.6 Å². The van der Waals surface area contributed by atoms with Gasteiger partial charge in [0, 0.05) is 16.3 Å². The van der Waals surface area contributed by atoms with Crippen LogP contribution in [0.3, 0.4) is 0 Å². The summed E-state index contributed by atoms with van der Waals surface area (Å²) in [7, 11) is 0. The van der Waals surface area contributed by atoms with Crippen LogP contribution in [-0.4, -0.2) is 0 Å². The lowest BCUT2D eigenvalue weighted by Gasteiger charge is -2.19. The minimum absolute atomic E-state index is 0.152. The van der Waals surface area contributed by atoms with Gasteiger partial charge in [-0.05, 0) is 23.8 Å². The molecule has 1 atom stereocenters. The topological polar surface area (TPSA) is 64.1 Å². The number of hydrogen-bond donors (Lipinski definition) is 3. The second-order valence-electron chi connectivity index (χ2n) is 4.14. The molecule has 0 saturated carbocycles. The first-order valence-corrected chi connectivity index (χ1v) is 5.98. The normalized spacial score (nSPS) is 12.4. The Morgan fingerprint density at radius 3 is 2.25 bits per heavy atom. The molecule has 0 spiro atoms. The second kappa shape index (κ2) is 5.70. The van der Waals surface area contributed by atoms with Gasteiger partial charge in [0.25, 0.3) is 0 Å². The van der Waals surface area contributed by atoms with Gasteiger partial charge < -0.3 is 5.73 Å². The molecular weight excluding hydrogens is 291 g/mol.